The van der Waals surface area contributed by atoms with Gasteiger partial charge in [-0.3, -0.25) is 19.4 Å². The molecule has 3 atom stereocenters. The molecule has 0 aliphatic heterocycles. The van der Waals surface area contributed by atoms with Crippen molar-refractivity contribution >= 4 is 29.1 Å². The first-order valence-corrected chi connectivity index (χ1v) is 15.2. The molecule has 0 radical (unpaired) electrons. The summed E-state index contributed by atoms with van der Waals surface area (Å²) in [7, 11) is 0. The molecule has 5 N–H and O–H groups in total. The number of rotatable bonds is 21. The highest BCUT2D eigenvalue weighted by Gasteiger charge is 2.22. The molecule has 0 spiro atoms. The Morgan fingerprint density at radius 1 is 1.07 bits per heavy atom. The largest absolute Gasteiger partial charge is 0.465 e. The fraction of sp³-hybridized carbons (Fsp3) is 0.700. The molecule has 2 aromatic heterocycles. The molecular weight excluding hydrogens is 524 g/mol. The average Bonchev–Trinajstić information content (AvgIpc) is 3.35. The van der Waals surface area contributed by atoms with Crippen molar-refractivity contribution in [1.82, 2.24) is 19.5 Å². The zero-order valence-corrected chi connectivity index (χ0v) is 25.1. The van der Waals surface area contributed by atoms with Crippen LogP contribution in [0.15, 0.2) is 23.3 Å². The van der Waals surface area contributed by atoms with Gasteiger partial charge in [0.2, 0.25) is 5.95 Å². The number of aromatic amines is 1. The van der Waals surface area contributed by atoms with E-state index in [0.717, 1.165) is 38.5 Å². The van der Waals surface area contributed by atoms with Crippen molar-refractivity contribution in [3.63, 3.8) is 0 Å². The zero-order chi connectivity index (χ0) is 30.0. The predicted octanol–water partition coefficient (Wildman–Crippen LogP) is 4.65. The van der Waals surface area contributed by atoms with Gasteiger partial charge in [0, 0.05) is 18.9 Å². The van der Waals surface area contributed by atoms with Crippen LogP contribution in [0, 0.1) is 11.8 Å². The summed E-state index contributed by atoms with van der Waals surface area (Å²) in [6, 6.07) is -0.685. The molecule has 2 heterocycles. The third kappa shape index (κ3) is 12.5. The maximum absolute atomic E-state index is 12.5. The molecule has 0 bridgehead atoms. The van der Waals surface area contributed by atoms with Gasteiger partial charge in [-0.15, -0.1) is 0 Å². The Hall–Kier alpha value is -3.21. The first-order valence-electron chi connectivity index (χ1n) is 15.2. The fourth-order valence-electron chi connectivity index (χ4n) is 4.42. The lowest BCUT2D eigenvalue weighted by atomic mass is 10.0. The molecule has 41 heavy (non-hydrogen) atoms. The number of aromatic nitrogens is 4. The smallest absolute Gasteiger partial charge is 0.323 e. The van der Waals surface area contributed by atoms with Crippen LogP contribution in [0.1, 0.15) is 97.8 Å². The van der Waals surface area contributed by atoms with E-state index in [2.05, 4.69) is 34.0 Å². The number of hydrogen-bond donors (Lipinski definition) is 3. The summed E-state index contributed by atoms with van der Waals surface area (Å²) >= 11 is 0. The number of unbranched alkanes of at least 4 members (excludes halogenated alkanes) is 7. The highest BCUT2D eigenvalue weighted by atomic mass is 16.5. The van der Waals surface area contributed by atoms with Crippen LogP contribution in [-0.2, 0) is 25.6 Å². The summed E-state index contributed by atoms with van der Waals surface area (Å²) in [4.78, 5) is 47.7. The van der Waals surface area contributed by atoms with E-state index < -0.39 is 17.6 Å². The number of allylic oxidation sites excluding steroid dienone is 2. The standard InChI is InChI=1S/C30H50N6O5/c1-4-6-7-8-9-10-11-12-13-14-15-16-24(37)41-20-23(17-18-40-29(39)25(31)22(3)5-2)19-36-21-33-26-27(36)34-30(32)35-28(26)38/h8-9,21-23,25H,4-7,10-20,31H2,1-3H3,(H3,32,34,35,38)/t22-,23+,25-/m0/s1. The number of carbonyl (C=O) groups excluding carboxylic acids is 2. The number of H-pyrrole nitrogens is 1. The normalized spacial score (nSPS) is 13.9. The molecular formula is C30H50N6O5. The van der Waals surface area contributed by atoms with Gasteiger partial charge in [-0.25, -0.2) is 4.98 Å². The molecule has 0 unspecified atom stereocenters. The second-order valence-electron chi connectivity index (χ2n) is 10.9. The Labute approximate surface area is 243 Å². The van der Waals surface area contributed by atoms with Crippen LogP contribution >= 0.6 is 0 Å². The highest BCUT2D eigenvalue weighted by Crippen LogP contribution is 2.16. The van der Waals surface area contributed by atoms with Crippen molar-refractivity contribution < 1.29 is 19.1 Å². The van der Waals surface area contributed by atoms with E-state index in [1.807, 2.05) is 13.8 Å². The Kier molecular flexibility index (Phi) is 15.8. The van der Waals surface area contributed by atoms with E-state index in [9.17, 15) is 14.4 Å². The van der Waals surface area contributed by atoms with E-state index in [0.29, 0.717) is 25.0 Å². The zero-order valence-electron chi connectivity index (χ0n) is 25.1. The van der Waals surface area contributed by atoms with E-state index in [1.165, 1.54) is 32.0 Å². The van der Waals surface area contributed by atoms with Crippen molar-refractivity contribution in [3.05, 3.63) is 28.8 Å². The molecule has 0 saturated carbocycles. The predicted molar refractivity (Wildman–Crippen MR) is 161 cm³/mol. The molecule has 11 nitrogen and oxygen atoms in total. The summed E-state index contributed by atoms with van der Waals surface area (Å²) in [6.45, 7) is 6.69. The van der Waals surface area contributed by atoms with Gasteiger partial charge in [0.1, 0.15) is 6.04 Å². The van der Waals surface area contributed by atoms with Gasteiger partial charge in [0.05, 0.1) is 19.5 Å². The first kappa shape index (κ1) is 34.0. The monoisotopic (exact) mass is 574 g/mol. The second kappa shape index (κ2) is 19.0. The van der Waals surface area contributed by atoms with Crippen LogP contribution in [0.3, 0.4) is 0 Å². The molecule has 0 saturated heterocycles. The number of nitrogens with one attached hydrogen (secondary N) is 1. The molecule has 230 valence electrons. The maximum Gasteiger partial charge on any atom is 0.323 e. The Morgan fingerprint density at radius 2 is 1.78 bits per heavy atom. The van der Waals surface area contributed by atoms with Gasteiger partial charge >= 0.3 is 11.9 Å². The lowest BCUT2D eigenvalue weighted by Gasteiger charge is -2.20. The minimum Gasteiger partial charge on any atom is -0.465 e. The Morgan fingerprint density at radius 3 is 2.51 bits per heavy atom. The number of nitrogens with two attached hydrogens (primary N) is 2. The average molecular weight is 575 g/mol. The number of fused-ring (bicyclic) bond motifs is 1. The number of nitrogen functional groups attached to an aromatic ring is 1. The number of ether oxygens (including phenoxy) is 2. The summed E-state index contributed by atoms with van der Waals surface area (Å²) in [5.41, 5.74) is 11.8. The van der Waals surface area contributed by atoms with Gasteiger partial charge in [-0.05, 0) is 38.0 Å². The minimum atomic E-state index is -0.685. The lowest BCUT2D eigenvalue weighted by Crippen LogP contribution is -2.38. The second-order valence-corrected chi connectivity index (χ2v) is 10.9. The number of nitrogens with zero attached hydrogens (tertiary/aromatic N) is 3. The molecule has 0 amide bonds. The molecule has 11 heteroatoms. The summed E-state index contributed by atoms with van der Waals surface area (Å²) in [6.07, 6.45) is 17.6. The van der Waals surface area contributed by atoms with Gasteiger partial charge in [-0.2, -0.15) is 4.98 Å². The van der Waals surface area contributed by atoms with Crippen molar-refractivity contribution in [2.45, 2.75) is 110 Å². The SMILES string of the molecule is CCCCC=CCCCCCCCC(=O)OC[C@H](CCOC(=O)[C@@H](N)[C@@H](C)CC)Cn1cnc2c(=O)[nH]c(N)nc21. The first-order chi connectivity index (χ1) is 19.8. The Balaban J connectivity index is 1.84. The van der Waals surface area contributed by atoms with Gasteiger partial charge in [-0.1, -0.05) is 71.4 Å². The van der Waals surface area contributed by atoms with E-state index in [-0.39, 0.29) is 42.5 Å². The number of imidazole rings is 1. The third-order valence-electron chi connectivity index (χ3n) is 7.37. The van der Waals surface area contributed by atoms with E-state index in [4.69, 9.17) is 20.9 Å². The van der Waals surface area contributed by atoms with Crippen LogP contribution in [-0.4, -0.2) is 50.7 Å². The highest BCUT2D eigenvalue weighted by molar-refractivity contribution is 5.75. The summed E-state index contributed by atoms with van der Waals surface area (Å²) in [5.74, 6) is -0.908. The Bertz CT molecular complexity index is 1140. The number of anilines is 1. The minimum absolute atomic E-state index is 0.0105. The summed E-state index contributed by atoms with van der Waals surface area (Å²) in [5, 5.41) is 0. The van der Waals surface area contributed by atoms with Crippen molar-refractivity contribution in [3.8, 4) is 0 Å². The van der Waals surface area contributed by atoms with Gasteiger partial charge < -0.3 is 25.5 Å². The molecule has 0 aliphatic carbocycles. The number of carbonyl (C=O) groups is 2. The van der Waals surface area contributed by atoms with E-state index in [1.54, 1.807) is 4.57 Å². The van der Waals surface area contributed by atoms with E-state index >= 15 is 0 Å². The maximum atomic E-state index is 12.5. The molecule has 0 aromatic carbocycles. The van der Waals surface area contributed by atoms with Crippen LogP contribution in [0.25, 0.3) is 11.2 Å². The molecule has 2 aromatic rings. The summed E-state index contributed by atoms with van der Waals surface area (Å²) < 4.78 is 12.7. The van der Waals surface area contributed by atoms with Crippen LogP contribution in [0.4, 0.5) is 5.95 Å². The molecule has 0 fully saturated rings. The number of hydrogen-bond acceptors (Lipinski definition) is 9. The van der Waals surface area contributed by atoms with Gasteiger partial charge in [0.25, 0.3) is 5.56 Å². The third-order valence-corrected chi connectivity index (χ3v) is 7.37. The van der Waals surface area contributed by atoms with Crippen LogP contribution < -0.4 is 17.0 Å². The van der Waals surface area contributed by atoms with Crippen LogP contribution in [0.5, 0.6) is 0 Å². The number of esters is 2. The van der Waals surface area contributed by atoms with Crippen LogP contribution in [0.2, 0.25) is 0 Å². The van der Waals surface area contributed by atoms with Crippen molar-refractivity contribution in [1.29, 1.82) is 0 Å². The van der Waals surface area contributed by atoms with Crippen molar-refractivity contribution in [2.24, 2.45) is 17.6 Å². The van der Waals surface area contributed by atoms with Crippen molar-refractivity contribution in [2.75, 3.05) is 18.9 Å². The lowest BCUT2D eigenvalue weighted by molar-refractivity contribution is -0.149. The molecule has 0 aliphatic rings. The van der Waals surface area contributed by atoms with Gasteiger partial charge in [0.15, 0.2) is 11.2 Å². The quantitative estimate of drug-likeness (QED) is 0.109. The topological polar surface area (TPSA) is 168 Å². The molecule has 2 rings (SSSR count). The fourth-order valence-corrected chi connectivity index (χ4v) is 4.42.